The van der Waals surface area contributed by atoms with Crippen LogP contribution in [0.25, 0.3) is 0 Å². The summed E-state index contributed by atoms with van der Waals surface area (Å²) >= 11 is 7.98. The molecule has 26 heavy (non-hydrogen) atoms. The minimum atomic E-state index is 0. The molecule has 2 unspecified atom stereocenters. The van der Waals surface area contributed by atoms with E-state index in [1.807, 2.05) is 30.9 Å². The molecule has 3 rings (SSSR count). The molecule has 1 aromatic rings. The zero-order valence-corrected chi connectivity index (χ0v) is 19.3. The molecule has 1 aromatic carbocycles. The third kappa shape index (κ3) is 5.53. The molecule has 2 heterocycles. The maximum Gasteiger partial charge on any atom is 0.193 e. The van der Waals surface area contributed by atoms with Gasteiger partial charge in [0.2, 0.25) is 0 Å². The van der Waals surface area contributed by atoms with E-state index in [0.29, 0.717) is 11.3 Å². The summed E-state index contributed by atoms with van der Waals surface area (Å²) < 4.78 is 0. The van der Waals surface area contributed by atoms with Gasteiger partial charge in [0.05, 0.1) is 0 Å². The van der Waals surface area contributed by atoms with Crippen molar-refractivity contribution >= 4 is 53.3 Å². The number of likely N-dealkylation sites (tertiary alicyclic amines) is 1. The van der Waals surface area contributed by atoms with Crippen molar-refractivity contribution in [2.75, 3.05) is 46.0 Å². The van der Waals surface area contributed by atoms with Crippen molar-refractivity contribution in [2.24, 2.45) is 4.99 Å². The van der Waals surface area contributed by atoms with Gasteiger partial charge < -0.3 is 10.2 Å². The van der Waals surface area contributed by atoms with Crippen molar-refractivity contribution in [1.29, 1.82) is 0 Å². The topological polar surface area (TPSA) is 30.9 Å². The second kappa shape index (κ2) is 10.8. The number of nitrogens with one attached hydrogen (secondary N) is 1. The highest BCUT2D eigenvalue weighted by Crippen LogP contribution is 2.28. The van der Waals surface area contributed by atoms with Gasteiger partial charge in [-0.05, 0) is 30.4 Å². The van der Waals surface area contributed by atoms with Gasteiger partial charge >= 0.3 is 0 Å². The summed E-state index contributed by atoms with van der Waals surface area (Å²) in [6, 6.07) is 8.78. The fourth-order valence-corrected chi connectivity index (χ4v) is 4.45. The fraction of sp³-hybridized carbons (Fsp3) is 0.526. The van der Waals surface area contributed by atoms with Crippen LogP contribution < -0.4 is 5.32 Å². The van der Waals surface area contributed by atoms with Gasteiger partial charge in [-0.15, -0.1) is 24.0 Å². The summed E-state index contributed by atoms with van der Waals surface area (Å²) in [7, 11) is 1.88. The quantitative estimate of drug-likeness (QED) is 0.284. The molecular weight excluding hydrogens is 479 g/mol. The van der Waals surface area contributed by atoms with Crippen LogP contribution in [0.1, 0.15) is 17.2 Å². The Labute approximate surface area is 183 Å². The number of nitrogens with zero attached hydrogens (tertiary/aromatic N) is 3. The van der Waals surface area contributed by atoms with Crippen molar-refractivity contribution in [2.45, 2.75) is 17.7 Å². The Balaban J connectivity index is 0.00000243. The molecule has 0 spiro atoms. The largest absolute Gasteiger partial charge is 0.355 e. The Kier molecular flexibility index (Phi) is 9.06. The standard InChI is InChI=1S/C19H27ClN4S.HI/c1-21-19(24-11-8-17(14-24)23-9-3-4-10-23)22-13-18(25-2)15-6-5-7-16(20)12-15;/h3-7,12,17-18H,8-11,13-14H2,1-2H3,(H,21,22);1H. The summed E-state index contributed by atoms with van der Waals surface area (Å²) in [4.78, 5) is 9.44. The van der Waals surface area contributed by atoms with Crippen LogP contribution in [0.3, 0.4) is 0 Å². The summed E-state index contributed by atoms with van der Waals surface area (Å²) in [5.41, 5.74) is 1.25. The van der Waals surface area contributed by atoms with E-state index in [-0.39, 0.29) is 24.0 Å². The fourth-order valence-electron chi connectivity index (χ4n) is 3.59. The molecule has 2 atom stereocenters. The minimum Gasteiger partial charge on any atom is -0.355 e. The molecule has 0 bridgehead atoms. The maximum absolute atomic E-state index is 6.15. The van der Waals surface area contributed by atoms with Crippen LogP contribution in [-0.2, 0) is 0 Å². The first-order chi connectivity index (χ1) is 12.2. The zero-order chi connectivity index (χ0) is 17.6. The molecule has 0 aromatic heterocycles. The van der Waals surface area contributed by atoms with Gasteiger partial charge in [-0.3, -0.25) is 9.89 Å². The number of rotatable bonds is 5. The van der Waals surface area contributed by atoms with Crippen molar-refractivity contribution in [3.63, 3.8) is 0 Å². The first kappa shape index (κ1) is 21.9. The third-order valence-electron chi connectivity index (χ3n) is 4.99. The molecule has 4 nitrogen and oxygen atoms in total. The number of benzene rings is 1. The Hall–Kier alpha value is -0.440. The predicted molar refractivity (Wildman–Crippen MR) is 125 cm³/mol. The van der Waals surface area contributed by atoms with Crippen LogP contribution in [0, 0.1) is 0 Å². The normalized spacial score (nSPS) is 21.7. The molecule has 1 saturated heterocycles. The molecule has 1 fully saturated rings. The smallest absolute Gasteiger partial charge is 0.193 e. The molecule has 2 aliphatic heterocycles. The molecule has 0 radical (unpaired) electrons. The van der Waals surface area contributed by atoms with Crippen LogP contribution in [-0.4, -0.2) is 67.8 Å². The second-order valence-electron chi connectivity index (χ2n) is 6.52. The van der Waals surface area contributed by atoms with Crippen molar-refractivity contribution in [1.82, 2.24) is 15.1 Å². The van der Waals surface area contributed by atoms with Gasteiger partial charge in [-0.1, -0.05) is 35.9 Å². The molecular formula is C19H28ClIN4S. The van der Waals surface area contributed by atoms with Gasteiger partial charge in [-0.2, -0.15) is 11.8 Å². The molecule has 2 aliphatic rings. The van der Waals surface area contributed by atoms with E-state index in [1.54, 1.807) is 0 Å². The Morgan fingerprint density at radius 3 is 2.81 bits per heavy atom. The highest BCUT2D eigenvalue weighted by molar-refractivity contribution is 14.0. The van der Waals surface area contributed by atoms with Crippen molar-refractivity contribution in [3.05, 3.63) is 47.0 Å². The van der Waals surface area contributed by atoms with E-state index in [0.717, 1.165) is 43.7 Å². The zero-order valence-electron chi connectivity index (χ0n) is 15.4. The lowest BCUT2D eigenvalue weighted by atomic mass is 10.1. The van der Waals surface area contributed by atoms with Crippen LogP contribution in [0.4, 0.5) is 0 Å². The molecule has 0 amide bonds. The Morgan fingerprint density at radius 1 is 1.38 bits per heavy atom. The van der Waals surface area contributed by atoms with Crippen LogP contribution in [0.5, 0.6) is 0 Å². The van der Waals surface area contributed by atoms with E-state index in [1.165, 1.54) is 12.0 Å². The Bertz CT molecular complexity index is 632. The van der Waals surface area contributed by atoms with Gasteiger partial charge in [0.25, 0.3) is 0 Å². The van der Waals surface area contributed by atoms with E-state index in [2.05, 4.69) is 50.6 Å². The molecule has 7 heteroatoms. The van der Waals surface area contributed by atoms with Gasteiger partial charge in [0.15, 0.2) is 5.96 Å². The number of hydrogen-bond donors (Lipinski definition) is 1. The number of halogens is 2. The monoisotopic (exact) mass is 506 g/mol. The summed E-state index contributed by atoms with van der Waals surface area (Å²) in [6.07, 6.45) is 7.89. The summed E-state index contributed by atoms with van der Waals surface area (Å²) in [5, 5.41) is 4.72. The van der Waals surface area contributed by atoms with Gasteiger partial charge in [0, 0.05) is 56.1 Å². The lowest BCUT2D eigenvalue weighted by molar-refractivity contribution is 0.259. The van der Waals surface area contributed by atoms with Gasteiger partial charge in [0.1, 0.15) is 0 Å². The maximum atomic E-state index is 6.15. The van der Waals surface area contributed by atoms with E-state index in [4.69, 9.17) is 11.6 Å². The average molecular weight is 507 g/mol. The average Bonchev–Trinajstić information content (AvgIpc) is 3.30. The number of hydrogen-bond acceptors (Lipinski definition) is 3. The highest BCUT2D eigenvalue weighted by Gasteiger charge is 2.29. The lowest BCUT2D eigenvalue weighted by Gasteiger charge is -2.26. The van der Waals surface area contributed by atoms with Crippen molar-refractivity contribution < 1.29 is 0 Å². The predicted octanol–water partition coefficient (Wildman–Crippen LogP) is 3.88. The Morgan fingerprint density at radius 2 is 2.15 bits per heavy atom. The summed E-state index contributed by atoms with van der Waals surface area (Å²) in [6.45, 7) is 5.16. The van der Waals surface area contributed by atoms with Crippen LogP contribution in [0.2, 0.25) is 5.02 Å². The first-order valence-corrected chi connectivity index (χ1v) is 10.5. The first-order valence-electron chi connectivity index (χ1n) is 8.84. The van der Waals surface area contributed by atoms with E-state index in [9.17, 15) is 0 Å². The second-order valence-corrected chi connectivity index (χ2v) is 8.00. The molecule has 1 N–H and O–H groups in total. The van der Waals surface area contributed by atoms with Crippen LogP contribution >= 0.6 is 47.3 Å². The van der Waals surface area contributed by atoms with Crippen molar-refractivity contribution in [3.8, 4) is 0 Å². The highest BCUT2D eigenvalue weighted by atomic mass is 127. The summed E-state index contributed by atoms with van der Waals surface area (Å²) in [5.74, 6) is 1.01. The number of aliphatic imine (C=N–C) groups is 1. The number of guanidine groups is 1. The molecule has 0 saturated carbocycles. The number of thioether (sulfide) groups is 1. The lowest BCUT2D eigenvalue weighted by Crippen LogP contribution is -2.43. The van der Waals surface area contributed by atoms with Gasteiger partial charge in [-0.25, -0.2) is 0 Å². The minimum absolute atomic E-state index is 0. The van der Waals surface area contributed by atoms with Crippen LogP contribution in [0.15, 0.2) is 41.4 Å². The van der Waals surface area contributed by atoms with E-state index < -0.39 is 0 Å². The molecule has 0 aliphatic carbocycles. The molecule has 144 valence electrons. The third-order valence-corrected chi connectivity index (χ3v) is 6.23. The van der Waals surface area contributed by atoms with E-state index >= 15 is 0 Å². The SMILES string of the molecule is CN=C(NCC(SC)c1cccc(Cl)c1)N1CCC(N2CC=CC2)C1.I.